The van der Waals surface area contributed by atoms with Crippen molar-refractivity contribution in [1.82, 2.24) is 30.0 Å². The fourth-order valence-corrected chi connectivity index (χ4v) is 4.65. The van der Waals surface area contributed by atoms with Gasteiger partial charge in [-0.05, 0) is 37.0 Å². The van der Waals surface area contributed by atoms with Crippen molar-refractivity contribution in [3.8, 4) is 0 Å². The molecule has 0 aliphatic carbocycles. The fraction of sp³-hybridized carbons (Fsp3) is 0.450. The number of carbonyl (C=O) groups excluding carboxylic acids is 1. The summed E-state index contributed by atoms with van der Waals surface area (Å²) in [5.74, 6) is 1.76. The molecule has 4 rings (SSSR count). The Morgan fingerprint density at radius 1 is 1.27 bits per heavy atom. The van der Waals surface area contributed by atoms with Gasteiger partial charge in [0.15, 0.2) is 10.8 Å². The van der Waals surface area contributed by atoms with Crippen LogP contribution in [0.2, 0.25) is 0 Å². The second kappa shape index (κ2) is 9.65. The van der Waals surface area contributed by atoms with Crippen LogP contribution >= 0.6 is 23.5 Å². The number of hydrogen-bond acceptors (Lipinski definition) is 8. The Balaban J connectivity index is 1.52. The third kappa shape index (κ3) is 4.39. The SMILES string of the molecule is CCSc1nc(N2CCCC2)c2cnn(CCNC(=O)c3cccnc3SC)c2n1. The molecular weight excluding hydrogens is 418 g/mol. The molecule has 0 aromatic carbocycles. The number of hydrogen-bond donors (Lipinski definition) is 1. The second-order valence-electron chi connectivity index (χ2n) is 6.88. The van der Waals surface area contributed by atoms with Crippen LogP contribution in [-0.4, -0.2) is 62.3 Å². The number of amides is 1. The molecule has 0 unspecified atom stereocenters. The number of thioether (sulfide) groups is 2. The van der Waals surface area contributed by atoms with Crippen molar-refractivity contribution in [2.45, 2.75) is 36.5 Å². The van der Waals surface area contributed by atoms with Crippen LogP contribution in [0.25, 0.3) is 11.0 Å². The molecule has 0 saturated carbocycles. The Kier molecular flexibility index (Phi) is 6.73. The predicted octanol–water partition coefficient (Wildman–Crippen LogP) is 3.09. The van der Waals surface area contributed by atoms with Crippen LogP contribution in [0.4, 0.5) is 5.82 Å². The molecule has 1 fully saturated rings. The minimum atomic E-state index is -0.126. The van der Waals surface area contributed by atoms with Gasteiger partial charge in [0.25, 0.3) is 5.91 Å². The third-order valence-electron chi connectivity index (χ3n) is 4.95. The van der Waals surface area contributed by atoms with E-state index in [2.05, 4.69) is 27.2 Å². The molecule has 8 nitrogen and oxygen atoms in total. The van der Waals surface area contributed by atoms with Crippen LogP contribution < -0.4 is 10.2 Å². The number of nitrogens with zero attached hydrogens (tertiary/aromatic N) is 6. The van der Waals surface area contributed by atoms with Crippen molar-refractivity contribution in [1.29, 1.82) is 0 Å². The van der Waals surface area contributed by atoms with Gasteiger partial charge in [-0.15, -0.1) is 11.8 Å². The maximum absolute atomic E-state index is 12.6. The average Bonchev–Trinajstić information content (AvgIpc) is 3.44. The van der Waals surface area contributed by atoms with Gasteiger partial charge in [0.05, 0.1) is 23.7 Å². The number of rotatable bonds is 8. The van der Waals surface area contributed by atoms with Gasteiger partial charge in [0.1, 0.15) is 10.8 Å². The molecule has 0 radical (unpaired) electrons. The summed E-state index contributed by atoms with van der Waals surface area (Å²) < 4.78 is 1.86. The minimum Gasteiger partial charge on any atom is -0.356 e. The summed E-state index contributed by atoms with van der Waals surface area (Å²) in [5, 5.41) is 9.99. The molecule has 3 aromatic rings. The first-order valence-electron chi connectivity index (χ1n) is 10.1. The predicted molar refractivity (Wildman–Crippen MR) is 122 cm³/mol. The Morgan fingerprint density at radius 2 is 2.10 bits per heavy atom. The average molecular weight is 444 g/mol. The van der Waals surface area contributed by atoms with Crippen molar-refractivity contribution in [2.24, 2.45) is 0 Å². The lowest BCUT2D eigenvalue weighted by Crippen LogP contribution is -2.28. The first-order chi connectivity index (χ1) is 14.7. The van der Waals surface area contributed by atoms with Gasteiger partial charge in [-0.2, -0.15) is 5.10 Å². The van der Waals surface area contributed by atoms with E-state index in [0.29, 0.717) is 18.7 Å². The molecule has 3 aromatic heterocycles. The number of pyridine rings is 1. The third-order valence-corrected chi connectivity index (χ3v) is 6.39. The van der Waals surface area contributed by atoms with E-state index in [4.69, 9.17) is 9.97 Å². The van der Waals surface area contributed by atoms with Crippen molar-refractivity contribution < 1.29 is 4.79 Å². The zero-order valence-corrected chi connectivity index (χ0v) is 18.8. The molecule has 1 N–H and O–H groups in total. The molecule has 10 heteroatoms. The van der Waals surface area contributed by atoms with Crippen molar-refractivity contribution in [3.63, 3.8) is 0 Å². The van der Waals surface area contributed by atoms with Gasteiger partial charge < -0.3 is 10.2 Å². The minimum absolute atomic E-state index is 0.126. The number of anilines is 1. The Bertz CT molecular complexity index is 1030. The molecule has 1 amide bonds. The molecule has 0 bridgehead atoms. The summed E-state index contributed by atoms with van der Waals surface area (Å²) >= 11 is 3.10. The second-order valence-corrected chi connectivity index (χ2v) is 8.90. The molecule has 0 atom stereocenters. The number of carbonyl (C=O) groups is 1. The highest BCUT2D eigenvalue weighted by molar-refractivity contribution is 7.99. The summed E-state index contributed by atoms with van der Waals surface area (Å²) in [6, 6.07) is 3.57. The van der Waals surface area contributed by atoms with E-state index in [9.17, 15) is 4.79 Å². The largest absolute Gasteiger partial charge is 0.356 e. The first kappa shape index (κ1) is 20.9. The van der Waals surface area contributed by atoms with E-state index in [-0.39, 0.29) is 5.91 Å². The number of nitrogens with one attached hydrogen (secondary N) is 1. The van der Waals surface area contributed by atoms with Crippen molar-refractivity contribution in [2.75, 3.05) is 36.5 Å². The normalized spacial score (nSPS) is 13.9. The highest BCUT2D eigenvalue weighted by Crippen LogP contribution is 2.29. The summed E-state index contributed by atoms with van der Waals surface area (Å²) in [5.41, 5.74) is 1.42. The molecule has 158 valence electrons. The summed E-state index contributed by atoms with van der Waals surface area (Å²) in [6.45, 7) is 5.13. The van der Waals surface area contributed by atoms with Crippen molar-refractivity contribution >= 4 is 46.3 Å². The van der Waals surface area contributed by atoms with Gasteiger partial charge in [0.2, 0.25) is 0 Å². The first-order valence-corrected chi connectivity index (χ1v) is 12.3. The number of fused-ring (bicyclic) bond motifs is 1. The van der Waals surface area contributed by atoms with Crippen LogP contribution in [0, 0.1) is 0 Å². The highest BCUT2D eigenvalue weighted by Gasteiger charge is 2.21. The molecular formula is C20H25N7OS2. The molecule has 1 aliphatic heterocycles. The molecule has 1 saturated heterocycles. The monoisotopic (exact) mass is 443 g/mol. The molecule has 0 spiro atoms. The van der Waals surface area contributed by atoms with E-state index in [0.717, 1.165) is 45.9 Å². The fourth-order valence-electron chi connectivity index (χ4n) is 3.55. The van der Waals surface area contributed by atoms with Gasteiger partial charge in [-0.3, -0.25) is 4.79 Å². The van der Waals surface area contributed by atoms with E-state index in [1.807, 2.05) is 17.1 Å². The molecule has 1 aliphatic rings. The molecule has 4 heterocycles. The van der Waals surface area contributed by atoms with Crippen LogP contribution in [0.3, 0.4) is 0 Å². The Morgan fingerprint density at radius 3 is 2.87 bits per heavy atom. The quantitative estimate of drug-likeness (QED) is 0.420. The van der Waals surface area contributed by atoms with E-state index >= 15 is 0 Å². The zero-order chi connectivity index (χ0) is 20.9. The van der Waals surface area contributed by atoms with Gasteiger partial charge in [0, 0.05) is 25.8 Å². The van der Waals surface area contributed by atoms with Crippen LogP contribution in [0.15, 0.2) is 34.7 Å². The Labute approximate surface area is 184 Å². The van der Waals surface area contributed by atoms with Gasteiger partial charge in [-0.25, -0.2) is 19.6 Å². The lowest BCUT2D eigenvalue weighted by molar-refractivity contribution is 0.0948. The van der Waals surface area contributed by atoms with E-state index in [1.54, 1.807) is 30.1 Å². The summed E-state index contributed by atoms with van der Waals surface area (Å²) in [7, 11) is 0. The smallest absolute Gasteiger partial charge is 0.254 e. The van der Waals surface area contributed by atoms with Crippen LogP contribution in [0.1, 0.15) is 30.1 Å². The van der Waals surface area contributed by atoms with Crippen LogP contribution in [0.5, 0.6) is 0 Å². The summed E-state index contributed by atoms with van der Waals surface area (Å²) in [6.07, 6.45) is 7.83. The van der Waals surface area contributed by atoms with Gasteiger partial charge in [-0.1, -0.05) is 18.7 Å². The topological polar surface area (TPSA) is 88.8 Å². The van der Waals surface area contributed by atoms with Crippen molar-refractivity contribution in [3.05, 3.63) is 30.1 Å². The van der Waals surface area contributed by atoms with Gasteiger partial charge >= 0.3 is 0 Å². The lowest BCUT2D eigenvalue weighted by Gasteiger charge is -2.17. The standard InChI is InChI=1S/C20H25N7OS2/c1-3-30-20-24-16(26-10-4-5-11-26)15-13-23-27(17(15)25-20)12-9-21-18(28)14-7-6-8-22-19(14)29-2/h6-8,13H,3-5,9-12H2,1-2H3,(H,21,28). The maximum Gasteiger partial charge on any atom is 0.254 e. The number of aromatic nitrogens is 5. The van der Waals surface area contributed by atoms with E-state index in [1.165, 1.54) is 24.6 Å². The van der Waals surface area contributed by atoms with E-state index < -0.39 is 0 Å². The van der Waals surface area contributed by atoms with Crippen LogP contribution in [-0.2, 0) is 6.54 Å². The zero-order valence-electron chi connectivity index (χ0n) is 17.2. The molecule has 30 heavy (non-hydrogen) atoms. The maximum atomic E-state index is 12.6. The Hall–Kier alpha value is -2.33. The summed E-state index contributed by atoms with van der Waals surface area (Å²) in [4.78, 5) is 28.7. The highest BCUT2D eigenvalue weighted by atomic mass is 32.2. The lowest BCUT2D eigenvalue weighted by atomic mass is 10.2.